The third-order valence-electron chi connectivity index (χ3n) is 4.08. The maximum absolute atomic E-state index is 13.5. The number of benzene rings is 1. The Bertz CT molecular complexity index is 510. The molecule has 1 saturated carbocycles. The minimum Gasteiger partial charge on any atom is -0.330 e. The monoisotopic (exact) mass is 297 g/mol. The van der Waals surface area contributed by atoms with E-state index in [2.05, 4.69) is 5.32 Å². The summed E-state index contributed by atoms with van der Waals surface area (Å²) in [7, 11) is 1.86. The highest BCUT2D eigenvalue weighted by Crippen LogP contribution is 2.28. The fraction of sp³-hybridized carbons (Fsp3) is 0.533. The van der Waals surface area contributed by atoms with Gasteiger partial charge in [0.25, 0.3) is 0 Å². The normalized spacial score (nSPS) is 21.8. The quantitative estimate of drug-likeness (QED) is 0.873. The van der Waals surface area contributed by atoms with E-state index in [0.717, 1.165) is 37.5 Å². The SMILES string of the molecule is CN(CC(=O)Nc1cc(F)ccc1F)C1CCCC1CN. The lowest BCUT2D eigenvalue weighted by Crippen LogP contribution is -2.41. The van der Waals surface area contributed by atoms with Gasteiger partial charge in [0.15, 0.2) is 0 Å². The molecule has 1 aliphatic rings. The van der Waals surface area contributed by atoms with Crippen molar-refractivity contribution in [2.24, 2.45) is 11.7 Å². The maximum atomic E-state index is 13.5. The van der Waals surface area contributed by atoms with Gasteiger partial charge in [-0.25, -0.2) is 8.78 Å². The number of amides is 1. The van der Waals surface area contributed by atoms with Crippen LogP contribution in [0.25, 0.3) is 0 Å². The smallest absolute Gasteiger partial charge is 0.238 e. The lowest BCUT2D eigenvalue weighted by molar-refractivity contribution is -0.117. The van der Waals surface area contributed by atoms with Gasteiger partial charge in [0.05, 0.1) is 12.2 Å². The third kappa shape index (κ3) is 3.98. The van der Waals surface area contributed by atoms with E-state index in [9.17, 15) is 13.6 Å². The summed E-state index contributed by atoms with van der Waals surface area (Å²) >= 11 is 0. The van der Waals surface area contributed by atoms with E-state index in [-0.39, 0.29) is 24.2 Å². The van der Waals surface area contributed by atoms with Crippen LogP contribution in [0.3, 0.4) is 0 Å². The fourth-order valence-electron chi connectivity index (χ4n) is 3.00. The lowest BCUT2D eigenvalue weighted by Gasteiger charge is -2.28. The van der Waals surface area contributed by atoms with Gasteiger partial charge in [0.2, 0.25) is 5.91 Å². The molecule has 0 aliphatic heterocycles. The van der Waals surface area contributed by atoms with Crippen LogP contribution in [0.15, 0.2) is 18.2 Å². The fourth-order valence-corrected chi connectivity index (χ4v) is 3.00. The molecule has 0 saturated heterocycles. The Balaban J connectivity index is 1.93. The number of anilines is 1. The molecule has 1 fully saturated rings. The molecule has 2 atom stereocenters. The van der Waals surface area contributed by atoms with Crippen LogP contribution < -0.4 is 11.1 Å². The Morgan fingerprint density at radius 1 is 1.43 bits per heavy atom. The van der Waals surface area contributed by atoms with Gasteiger partial charge in [-0.15, -0.1) is 0 Å². The van der Waals surface area contributed by atoms with E-state index in [1.54, 1.807) is 0 Å². The number of hydrogen-bond acceptors (Lipinski definition) is 3. The molecule has 0 heterocycles. The third-order valence-corrected chi connectivity index (χ3v) is 4.08. The predicted molar refractivity (Wildman–Crippen MR) is 77.8 cm³/mol. The molecule has 1 aromatic rings. The Hall–Kier alpha value is -1.53. The van der Waals surface area contributed by atoms with Crippen LogP contribution in [0.1, 0.15) is 19.3 Å². The molecule has 116 valence electrons. The van der Waals surface area contributed by atoms with Gasteiger partial charge >= 0.3 is 0 Å². The number of nitrogens with one attached hydrogen (secondary N) is 1. The molecule has 0 spiro atoms. The highest BCUT2D eigenvalue weighted by Gasteiger charge is 2.30. The summed E-state index contributed by atoms with van der Waals surface area (Å²) in [6, 6.07) is 3.27. The number of halogens is 2. The molecule has 0 radical (unpaired) electrons. The van der Waals surface area contributed by atoms with Crippen LogP contribution in [-0.2, 0) is 4.79 Å². The van der Waals surface area contributed by atoms with Crippen LogP contribution in [0.2, 0.25) is 0 Å². The van der Waals surface area contributed by atoms with Gasteiger partial charge in [-0.05, 0) is 44.5 Å². The van der Waals surface area contributed by atoms with Crippen molar-refractivity contribution in [2.45, 2.75) is 25.3 Å². The summed E-state index contributed by atoms with van der Waals surface area (Å²) < 4.78 is 26.5. The predicted octanol–water partition coefficient (Wildman–Crippen LogP) is 1.96. The second kappa shape index (κ2) is 6.95. The number of rotatable bonds is 5. The van der Waals surface area contributed by atoms with Gasteiger partial charge in [-0.1, -0.05) is 6.42 Å². The van der Waals surface area contributed by atoms with Gasteiger partial charge in [0, 0.05) is 12.1 Å². The minimum atomic E-state index is -0.645. The van der Waals surface area contributed by atoms with E-state index in [1.807, 2.05) is 11.9 Å². The number of hydrogen-bond donors (Lipinski definition) is 2. The van der Waals surface area contributed by atoms with Crippen molar-refractivity contribution in [2.75, 3.05) is 25.5 Å². The molecule has 4 nitrogen and oxygen atoms in total. The molecule has 1 amide bonds. The van der Waals surface area contributed by atoms with Gasteiger partial charge < -0.3 is 11.1 Å². The van der Waals surface area contributed by atoms with Crippen molar-refractivity contribution in [1.29, 1.82) is 0 Å². The molecule has 1 aromatic carbocycles. The summed E-state index contributed by atoms with van der Waals surface area (Å²) in [6.45, 7) is 0.742. The van der Waals surface area contributed by atoms with Crippen LogP contribution in [0.4, 0.5) is 14.5 Å². The Morgan fingerprint density at radius 2 is 2.19 bits per heavy atom. The number of nitrogens with two attached hydrogens (primary N) is 1. The number of carbonyl (C=O) groups excluding carboxylic acids is 1. The summed E-state index contributed by atoms with van der Waals surface area (Å²) in [5, 5.41) is 2.41. The minimum absolute atomic E-state index is 0.129. The van der Waals surface area contributed by atoms with Gasteiger partial charge in [-0.3, -0.25) is 9.69 Å². The van der Waals surface area contributed by atoms with E-state index in [0.29, 0.717) is 12.5 Å². The molecule has 6 heteroatoms. The largest absolute Gasteiger partial charge is 0.330 e. The molecule has 0 aromatic heterocycles. The molecule has 1 aliphatic carbocycles. The Kier molecular flexibility index (Phi) is 5.25. The van der Waals surface area contributed by atoms with E-state index in [4.69, 9.17) is 5.73 Å². The summed E-state index contributed by atoms with van der Waals surface area (Å²) in [6.07, 6.45) is 3.20. The van der Waals surface area contributed by atoms with Crippen molar-refractivity contribution in [3.63, 3.8) is 0 Å². The van der Waals surface area contributed by atoms with Crippen LogP contribution in [-0.4, -0.2) is 37.0 Å². The molecule has 2 unspecified atom stereocenters. The van der Waals surface area contributed by atoms with E-state index >= 15 is 0 Å². The Labute approximate surface area is 123 Å². The molecule has 0 bridgehead atoms. The second-order valence-corrected chi connectivity index (χ2v) is 5.58. The zero-order valence-corrected chi connectivity index (χ0v) is 12.1. The summed E-state index contributed by atoms with van der Waals surface area (Å²) in [5.41, 5.74) is 5.60. The zero-order chi connectivity index (χ0) is 15.4. The highest BCUT2D eigenvalue weighted by molar-refractivity contribution is 5.92. The highest BCUT2D eigenvalue weighted by atomic mass is 19.1. The topological polar surface area (TPSA) is 58.4 Å². The van der Waals surface area contributed by atoms with Crippen molar-refractivity contribution in [3.05, 3.63) is 29.8 Å². The average molecular weight is 297 g/mol. The number of likely N-dealkylation sites (N-methyl/N-ethyl adjacent to an activating group) is 1. The number of nitrogens with zero attached hydrogens (tertiary/aromatic N) is 1. The Morgan fingerprint density at radius 3 is 2.90 bits per heavy atom. The summed E-state index contributed by atoms with van der Waals surface area (Å²) in [5.74, 6) is -1.19. The standard InChI is InChI=1S/C15H21F2N3O/c1-20(14-4-2-3-10(14)8-18)9-15(21)19-13-7-11(16)5-6-12(13)17/h5-7,10,14H,2-4,8-9,18H2,1H3,(H,19,21). The van der Waals surface area contributed by atoms with E-state index < -0.39 is 11.6 Å². The van der Waals surface area contributed by atoms with Crippen molar-refractivity contribution in [3.8, 4) is 0 Å². The van der Waals surface area contributed by atoms with Crippen LogP contribution >= 0.6 is 0 Å². The molecule has 3 N–H and O–H groups in total. The lowest BCUT2D eigenvalue weighted by atomic mass is 10.0. The first kappa shape index (κ1) is 15.9. The van der Waals surface area contributed by atoms with Crippen LogP contribution in [0.5, 0.6) is 0 Å². The molecular weight excluding hydrogens is 276 g/mol. The second-order valence-electron chi connectivity index (χ2n) is 5.58. The van der Waals surface area contributed by atoms with E-state index in [1.165, 1.54) is 0 Å². The molecule has 2 rings (SSSR count). The first-order valence-corrected chi connectivity index (χ1v) is 7.16. The van der Waals surface area contributed by atoms with Crippen molar-refractivity contribution < 1.29 is 13.6 Å². The molecule has 21 heavy (non-hydrogen) atoms. The number of carbonyl (C=O) groups is 1. The van der Waals surface area contributed by atoms with Crippen molar-refractivity contribution >= 4 is 11.6 Å². The first-order chi connectivity index (χ1) is 10.0. The average Bonchev–Trinajstić information content (AvgIpc) is 2.91. The molecular formula is C15H21F2N3O. The van der Waals surface area contributed by atoms with Gasteiger partial charge in [-0.2, -0.15) is 0 Å². The summed E-state index contributed by atoms with van der Waals surface area (Å²) in [4.78, 5) is 13.9. The zero-order valence-electron chi connectivity index (χ0n) is 12.1. The van der Waals surface area contributed by atoms with Gasteiger partial charge in [0.1, 0.15) is 11.6 Å². The van der Waals surface area contributed by atoms with Crippen LogP contribution in [0, 0.1) is 17.6 Å². The first-order valence-electron chi connectivity index (χ1n) is 7.16. The maximum Gasteiger partial charge on any atom is 0.238 e. The van der Waals surface area contributed by atoms with Crippen molar-refractivity contribution in [1.82, 2.24) is 4.90 Å².